The zero-order chi connectivity index (χ0) is 17.9. The van der Waals surface area contributed by atoms with Crippen molar-refractivity contribution in [3.63, 3.8) is 0 Å². The van der Waals surface area contributed by atoms with Crippen molar-refractivity contribution in [3.05, 3.63) is 40.9 Å². The molecule has 1 aromatic carbocycles. The third-order valence-electron chi connectivity index (χ3n) is 3.66. The highest BCUT2D eigenvalue weighted by Gasteiger charge is 2.31. The van der Waals surface area contributed by atoms with Crippen molar-refractivity contribution in [1.82, 2.24) is 14.5 Å². The molecule has 24 heavy (non-hydrogen) atoms. The Hall–Kier alpha value is -1.90. The SMILES string of the molecule is COc1cc(S(=O)(=O)N(C)[C@@H](C)c2ccc(Cl)cc2)c(OC)nn1. The first-order valence-electron chi connectivity index (χ1n) is 7.00. The van der Waals surface area contributed by atoms with Gasteiger partial charge < -0.3 is 9.47 Å². The first kappa shape index (κ1) is 18.4. The monoisotopic (exact) mass is 371 g/mol. The minimum atomic E-state index is -3.88. The highest BCUT2D eigenvalue weighted by molar-refractivity contribution is 7.89. The normalized spacial score (nSPS) is 12.9. The minimum Gasteiger partial charge on any atom is -0.480 e. The molecule has 9 heteroatoms. The van der Waals surface area contributed by atoms with Gasteiger partial charge in [-0.3, -0.25) is 0 Å². The van der Waals surface area contributed by atoms with Crippen molar-refractivity contribution >= 4 is 21.6 Å². The van der Waals surface area contributed by atoms with Gasteiger partial charge in [0.1, 0.15) is 0 Å². The number of ether oxygens (including phenoxy) is 2. The quantitative estimate of drug-likeness (QED) is 0.776. The molecule has 1 heterocycles. The molecule has 0 saturated carbocycles. The van der Waals surface area contributed by atoms with E-state index in [2.05, 4.69) is 10.2 Å². The summed E-state index contributed by atoms with van der Waals surface area (Å²) in [6, 6.07) is 7.85. The van der Waals surface area contributed by atoms with Crippen LogP contribution in [0.4, 0.5) is 0 Å². The van der Waals surface area contributed by atoms with Gasteiger partial charge in [-0.05, 0) is 24.6 Å². The summed E-state index contributed by atoms with van der Waals surface area (Å²) in [7, 11) is 0.321. The Balaban J connectivity index is 2.43. The fourth-order valence-electron chi connectivity index (χ4n) is 2.09. The largest absolute Gasteiger partial charge is 0.480 e. The molecule has 0 aliphatic carbocycles. The molecule has 2 rings (SSSR count). The lowest BCUT2D eigenvalue weighted by Crippen LogP contribution is -2.30. The lowest BCUT2D eigenvalue weighted by atomic mass is 10.1. The summed E-state index contributed by atoms with van der Waals surface area (Å²) >= 11 is 5.88. The summed E-state index contributed by atoms with van der Waals surface area (Å²) in [6.07, 6.45) is 0. The van der Waals surface area contributed by atoms with E-state index in [9.17, 15) is 8.42 Å². The topological polar surface area (TPSA) is 81.6 Å². The van der Waals surface area contributed by atoms with Gasteiger partial charge in [0, 0.05) is 24.2 Å². The highest BCUT2D eigenvalue weighted by atomic mass is 35.5. The molecule has 0 fully saturated rings. The predicted octanol–water partition coefficient (Wildman–Crippen LogP) is 2.53. The molecule has 0 aliphatic heterocycles. The lowest BCUT2D eigenvalue weighted by Gasteiger charge is -2.25. The Morgan fingerprint density at radius 3 is 2.29 bits per heavy atom. The third-order valence-corrected chi connectivity index (χ3v) is 5.84. The van der Waals surface area contributed by atoms with Gasteiger partial charge in [0.15, 0.2) is 4.90 Å². The van der Waals surface area contributed by atoms with Gasteiger partial charge in [-0.1, -0.05) is 23.7 Å². The Bertz CT molecular complexity index is 812. The van der Waals surface area contributed by atoms with Crippen molar-refractivity contribution in [3.8, 4) is 11.8 Å². The first-order chi connectivity index (χ1) is 11.3. The smallest absolute Gasteiger partial charge is 0.253 e. The van der Waals surface area contributed by atoms with Crippen molar-refractivity contribution in [2.45, 2.75) is 17.9 Å². The Labute approximate surface area is 146 Å². The van der Waals surface area contributed by atoms with Gasteiger partial charge in [0.2, 0.25) is 15.9 Å². The second kappa shape index (κ2) is 7.33. The third kappa shape index (κ3) is 3.61. The summed E-state index contributed by atoms with van der Waals surface area (Å²) in [6.45, 7) is 1.78. The lowest BCUT2D eigenvalue weighted by molar-refractivity contribution is 0.349. The minimum absolute atomic E-state index is 0.0851. The average Bonchev–Trinajstić information content (AvgIpc) is 2.60. The standard InChI is InChI=1S/C15H18ClN3O4S/c1-10(11-5-7-12(16)8-6-11)19(2)24(20,21)13-9-14(22-3)17-18-15(13)23-4/h5-10H,1-4H3/t10-/m0/s1. The number of nitrogens with zero attached hydrogens (tertiary/aromatic N) is 3. The molecule has 0 radical (unpaired) electrons. The molecule has 0 spiro atoms. The van der Waals surface area contributed by atoms with Gasteiger partial charge >= 0.3 is 0 Å². The highest BCUT2D eigenvalue weighted by Crippen LogP contribution is 2.31. The van der Waals surface area contributed by atoms with Crippen molar-refractivity contribution in [1.29, 1.82) is 0 Å². The maximum atomic E-state index is 13.0. The van der Waals surface area contributed by atoms with Crippen LogP contribution in [0.1, 0.15) is 18.5 Å². The van der Waals surface area contributed by atoms with E-state index in [1.165, 1.54) is 31.6 Å². The average molecular weight is 372 g/mol. The van der Waals surface area contributed by atoms with Gasteiger partial charge in [-0.15, -0.1) is 10.2 Å². The number of methoxy groups -OCH3 is 2. The first-order valence-corrected chi connectivity index (χ1v) is 8.82. The molecule has 2 aromatic rings. The van der Waals surface area contributed by atoms with E-state index in [-0.39, 0.29) is 16.7 Å². The van der Waals surface area contributed by atoms with Gasteiger partial charge in [-0.25, -0.2) is 8.42 Å². The molecular formula is C15H18ClN3O4S. The second-order valence-corrected chi connectivity index (χ2v) is 7.41. The molecule has 0 unspecified atom stereocenters. The molecule has 0 aliphatic rings. The summed E-state index contributed by atoms with van der Waals surface area (Å²) < 4.78 is 37.1. The summed E-state index contributed by atoms with van der Waals surface area (Å²) in [4.78, 5) is -0.111. The molecule has 0 N–H and O–H groups in total. The molecule has 1 aromatic heterocycles. The maximum Gasteiger partial charge on any atom is 0.253 e. The van der Waals surface area contributed by atoms with E-state index in [0.717, 1.165) is 5.56 Å². The summed E-state index contributed by atoms with van der Waals surface area (Å²) in [5.74, 6) is -0.00660. The molecule has 0 amide bonds. The molecule has 130 valence electrons. The van der Waals surface area contributed by atoms with E-state index < -0.39 is 16.1 Å². The summed E-state index contributed by atoms with van der Waals surface area (Å²) in [5, 5.41) is 8.04. The van der Waals surface area contributed by atoms with Crippen LogP contribution in [0.3, 0.4) is 0 Å². The van der Waals surface area contributed by atoms with Crippen LogP contribution < -0.4 is 9.47 Å². The molecule has 7 nitrogen and oxygen atoms in total. The maximum absolute atomic E-state index is 13.0. The van der Waals surface area contributed by atoms with Crippen LogP contribution in [-0.4, -0.2) is 44.2 Å². The van der Waals surface area contributed by atoms with Crippen LogP contribution in [0, 0.1) is 0 Å². The van der Waals surface area contributed by atoms with Crippen molar-refractivity contribution < 1.29 is 17.9 Å². The van der Waals surface area contributed by atoms with Crippen LogP contribution in [0.15, 0.2) is 35.2 Å². The van der Waals surface area contributed by atoms with Crippen LogP contribution in [-0.2, 0) is 10.0 Å². The van der Waals surface area contributed by atoms with Gasteiger partial charge in [0.25, 0.3) is 5.88 Å². The van der Waals surface area contributed by atoms with E-state index in [4.69, 9.17) is 21.1 Å². The molecule has 1 atom stereocenters. The van der Waals surface area contributed by atoms with Crippen molar-refractivity contribution in [2.75, 3.05) is 21.3 Å². The number of benzene rings is 1. The van der Waals surface area contributed by atoms with Gasteiger partial charge in [-0.2, -0.15) is 4.31 Å². The van der Waals surface area contributed by atoms with E-state index in [1.807, 2.05) is 0 Å². The Kier molecular flexibility index (Phi) is 5.63. The number of sulfonamides is 1. The number of hydrogen-bond acceptors (Lipinski definition) is 6. The molecule has 0 bridgehead atoms. The molecular weight excluding hydrogens is 354 g/mol. The fourth-order valence-corrected chi connectivity index (χ4v) is 3.66. The summed E-state index contributed by atoms with van der Waals surface area (Å²) in [5.41, 5.74) is 0.804. The number of aromatic nitrogens is 2. The second-order valence-electron chi connectivity index (χ2n) is 5.01. The van der Waals surface area contributed by atoms with Crippen LogP contribution in [0.2, 0.25) is 5.02 Å². The van der Waals surface area contributed by atoms with Crippen molar-refractivity contribution in [2.24, 2.45) is 0 Å². The number of hydrogen-bond donors (Lipinski definition) is 0. The van der Waals surface area contributed by atoms with E-state index >= 15 is 0 Å². The van der Waals surface area contributed by atoms with Crippen LogP contribution in [0.25, 0.3) is 0 Å². The zero-order valence-electron chi connectivity index (χ0n) is 13.7. The van der Waals surface area contributed by atoms with E-state index in [0.29, 0.717) is 5.02 Å². The molecule has 0 saturated heterocycles. The van der Waals surface area contributed by atoms with Crippen LogP contribution >= 0.6 is 11.6 Å². The number of halogens is 1. The zero-order valence-corrected chi connectivity index (χ0v) is 15.3. The van der Waals surface area contributed by atoms with E-state index in [1.54, 1.807) is 31.2 Å². The Morgan fingerprint density at radius 2 is 1.75 bits per heavy atom. The fraction of sp³-hybridized carbons (Fsp3) is 0.333. The van der Waals surface area contributed by atoms with Gasteiger partial charge in [0.05, 0.1) is 14.2 Å². The predicted molar refractivity (Wildman–Crippen MR) is 90.0 cm³/mol. The Morgan fingerprint density at radius 1 is 1.12 bits per heavy atom. The van der Waals surface area contributed by atoms with Crippen LogP contribution in [0.5, 0.6) is 11.8 Å². The number of rotatable bonds is 6.